The molecule has 0 aromatic carbocycles. The molecule has 14 heavy (non-hydrogen) atoms. The predicted molar refractivity (Wildman–Crippen MR) is 59.9 cm³/mol. The van der Waals surface area contributed by atoms with Crippen molar-refractivity contribution >= 4 is 0 Å². The Balaban J connectivity index is 3.50. The quantitative estimate of drug-likeness (QED) is 0.707. The van der Waals surface area contributed by atoms with Crippen LogP contribution in [0.25, 0.3) is 0 Å². The third-order valence-corrected chi connectivity index (χ3v) is 2.71. The minimum absolute atomic E-state index is 0.164. The van der Waals surface area contributed by atoms with E-state index >= 15 is 0 Å². The van der Waals surface area contributed by atoms with Crippen molar-refractivity contribution in [2.45, 2.75) is 40.0 Å². The van der Waals surface area contributed by atoms with Crippen LogP contribution in [0.5, 0.6) is 0 Å². The van der Waals surface area contributed by atoms with E-state index in [0.717, 1.165) is 23.2 Å². The van der Waals surface area contributed by atoms with Gasteiger partial charge in [-0.25, -0.2) is 0 Å². The second kappa shape index (κ2) is 3.99. The molecule has 0 saturated carbocycles. The average Bonchev–Trinajstić information content (AvgIpc) is 2.10. The number of hydrogen-bond donors (Lipinski definition) is 0. The number of nitrogens with zero attached hydrogens (tertiary/aromatic N) is 1. The Morgan fingerprint density at radius 1 is 1.43 bits per heavy atom. The Morgan fingerprint density at radius 2 is 2.00 bits per heavy atom. The fraction of sp³-hybridized carbons (Fsp3) is 0.583. The fourth-order valence-electron chi connectivity index (χ4n) is 1.95. The molecular weight excluding hydrogens is 174 g/mol. The molecule has 0 N–H and O–H groups in total. The summed E-state index contributed by atoms with van der Waals surface area (Å²) in [6.07, 6.45) is 0.908. The van der Waals surface area contributed by atoms with Crippen LogP contribution in [0.3, 0.4) is 0 Å². The lowest BCUT2D eigenvalue weighted by Gasteiger charge is -2.14. The summed E-state index contributed by atoms with van der Waals surface area (Å²) >= 11 is 0. The molecular formula is C12H19NO. The summed E-state index contributed by atoms with van der Waals surface area (Å²) in [4.78, 5) is 12.0. The molecule has 1 heterocycles. The summed E-state index contributed by atoms with van der Waals surface area (Å²) in [5.74, 6) is 0.305. The molecule has 2 heteroatoms. The molecule has 78 valence electrons. The molecule has 0 fully saturated rings. The molecule has 2 nitrogen and oxygen atoms in total. The van der Waals surface area contributed by atoms with E-state index in [9.17, 15) is 4.79 Å². The molecule has 0 atom stereocenters. The van der Waals surface area contributed by atoms with Crippen LogP contribution in [0.15, 0.2) is 10.9 Å². The number of aromatic nitrogens is 1. The zero-order valence-electron chi connectivity index (χ0n) is 9.72. The molecule has 0 amide bonds. The largest absolute Gasteiger partial charge is 0.315 e. The van der Waals surface area contributed by atoms with Gasteiger partial charge in [-0.3, -0.25) is 4.79 Å². The van der Waals surface area contributed by atoms with Crippen molar-refractivity contribution in [2.24, 2.45) is 7.05 Å². The lowest BCUT2D eigenvalue weighted by Crippen LogP contribution is -2.25. The van der Waals surface area contributed by atoms with Gasteiger partial charge >= 0.3 is 0 Å². The van der Waals surface area contributed by atoms with Crippen molar-refractivity contribution in [1.29, 1.82) is 0 Å². The summed E-state index contributed by atoms with van der Waals surface area (Å²) in [5, 5.41) is 0. The monoisotopic (exact) mass is 193 g/mol. The molecule has 0 saturated heterocycles. The van der Waals surface area contributed by atoms with Crippen LogP contribution >= 0.6 is 0 Å². The maximum atomic E-state index is 12.0. The number of aryl methyl sites for hydroxylation is 2. The molecule has 0 aliphatic rings. The van der Waals surface area contributed by atoms with Crippen molar-refractivity contribution < 1.29 is 0 Å². The van der Waals surface area contributed by atoms with E-state index in [-0.39, 0.29) is 5.56 Å². The summed E-state index contributed by atoms with van der Waals surface area (Å²) in [6.45, 7) is 8.23. The van der Waals surface area contributed by atoms with Gasteiger partial charge in [0.15, 0.2) is 0 Å². The number of rotatable bonds is 2. The molecule has 1 aromatic heterocycles. The minimum atomic E-state index is 0.164. The van der Waals surface area contributed by atoms with Crippen LogP contribution in [-0.4, -0.2) is 4.57 Å². The average molecular weight is 193 g/mol. The molecule has 0 unspecified atom stereocenters. The molecule has 0 radical (unpaired) electrons. The van der Waals surface area contributed by atoms with Gasteiger partial charge in [0.05, 0.1) is 0 Å². The maximum Gasteiger partial charge on any atom is 0.254 e. The van der Waals surface area contributed by atoms with E-state index in [4.69, 9.17) is 0 Å². The fourth-order valence-corrected chi connectivity index (χ4v) is 1.95. The first-order valence-corrected chi connectivity index (χ1v) is 5.18. The van der Waals surface area contributed by atoms with Gasteiger partial charge in [-0.05, 0) is 30.9 Å². The number of pyridine rings is 1. The third kappa shape index (κ3) is 1.74. The SMILES string of the molecule is CCc1cc(C)c(C(C)C)c(=O)n1C. The number of hydrogen-bond acceptors (Lipinski definition) is 1. The van der Waals surface area contributed by atoms with Crippen molar-refractivity contribution in [3.8, 4) is 0 Å². The Labute approximate surface area is 85.6 Å². The smallest absolute Gasteiger partial charge is 0.254 e. The Hall–Kier alpha value is -1.05. The lowest BCUT2D eigenvalue weighted by atomic mass is 9.99. The van der Waals surface area contributed by atoms with Gasteiger partial charge in [0.2, 0.25) is 0 Å². The predicted octanol–water partition coefficient (Wildman–Crippen LogP) is 2.38. The molecule has 0 bridgehead atoms. The molecule has 1 rings (SSSR count). The summed E-state index contributed by atoms with van der Waals surface area (Å²) < 4.78 is 1.77. The molecule has 0 spiro atoms. The van der Waals surface area contributed by atoms with Gasteiger partial charge < -0.3 is 4.57 Å². The molecule has 0 aliphatic heterocycles. The van der Waals surface area contributed by atoms with Crippen LogP contribution in [0, 0.1) is 6.92 Å². The Bertz CT molecular complexity index is 388. The highest BCUT2D eigenvalue weighted by atomic mass is 16.1. The second-order valence-corrected chi connectivity index (χ2v) is 4.10. The van der Waals surface area contributed by atoms with Gasteiger partial charge in [0.1, 0.15) is 0 Å². The highest BCUT2D eigenvalue weighted by Crippen LogP contribution is 2.15. The van der Waals surface area contributed by atoms with E-state index in [1.807, 2.05) is 14.0 Å². The zero-order valence-corrected chi connectivity index (χ0v) is 9.72. The zero-order chi connectivity index (χ0) is 10.9. The Morgan fingerprint density at radius 3 is 2.43 bits per heavy atom. The summed E-state index contributed by atoms with van der Waals surface area (Å²) in [5.41, 5.74) is 3.35. The van der Waals surface area contributed by atoms with Gasteiger partial charge in [0, 0.05) is 18.3 Å². The van der Waals surface area contributed by atoms with Crippen LogP contribution in [0.2, 0.25) is 0 Å². The first kappa shape index (κ1) is 11.0. The lowest BCUT2D eigenvalue weighted by molar-refractivity contribution is 0.731. The van der Waals surface area contributed by atoms with Crippen LogP contribution < -0.4 is 5.56 Å². The minimum Gasteiger partial charge on any atom is -0.315 e. The summed E-state index contributed by atoms with van der Waals surface area (Å²) in [7, 11) is 1.85. The topological polar surface area (TPSA) is 22.0 Å². The second-order valence-electron chi connectivity index (χ2n) is 4.10. The van der Waals surface area contributed by atoms with E-state index in [2.05, 4.69) is 26.8 Å². The first-order valence-electron chi connectivity index (χ1n) is 5.18. The molecule has 1 aromatic rings. The molecule has 0 aliphatic carbocycles. The third-order valence-electron chi connectivity index (χ3n) is 2.71. The van der Waals surface area contributed by atoms with Gasteiger partial charge in [-0.15, -0.1) is 0 Å². The standard InChI is InChI=1S/C12H19NO/c1-6-10-7-9(4)11(8(2)3)12(14)13(10)5/h7-8H,6H2,1-5H3. The van der Waals surface area contributed by atoms with E-state index in [1.54, 1.807) is 4.57 Å². The van der Waals surface area contributed by atoms with Gasteiger partial charge in [-0.1, -0.05) is 20.8 Å². The first-order chi connectivity index (χ1) is 6.49. The van der Waals surface area contributed by atoms with Crippen molar-refractivity contribution in [2.75, 3.05) is 0 Å². The van der Waals surface area contributed by atoms with Crippen LogP contribution in [0.4, 0.5) is 0 Å². The van der Waals surface area contributed by atoms with Crippen molar-refractivity contribution in [3.05, 3.63) is 33.2 Å². The van der Waals surface area contributed by atoms with Gasteiger partial charge in [0.25, 0.3) is 5.56 Å². The van der Waals surface area contributed by atoms with E-state index < -0.39 is 0 Å². The highest BCUT2D eigenvalue weighted by Gasteiger charge is 2.11. The van der Waals surface area contributed by atoms with Crippen LogP contribution in [0.1, 0.15) is 43.5 Å². The maximum absolute atomic E-state index is 12.0. The van der Waals surface area contributed by atoms with Crippen molar-refractivity contribution in [3.63, 3.8) is 0 Å². The Kier molecular flexibility index (Phi) is 3.14. The normalized spacial score (nSPS) is 11.0. The van der Waals surface area contributed by atoms with Crippen molar-refractivity contribution in [1.82, 2.24) is 4.57 Å². The van der Waals surface area contributed by atoms with E-state index in [0.29, 0.717) is 5.92 Å². The van der Waals surface area contributed by atoms with E-state index in [1.165, 1.54) is 0 Å². The summed E-state index contributed by atoms with van der Waals surface area (Å²) in [6, 6.07) is 2.12. The van der Waals surface area contributed by atoms with Crippen LogP contribution in [-0.2, 0) is 13.5 Å². The highest BCUT2D eigenvalue weighted by molar-refractivity contribution is 5.28. The van der Waals surface area contributed by atoms with Gasteiger partial charge in [-0.2, -0.15) is 0 Å².